The summed E-state index contributed by atoms with van der Waals surface area (Å²) < 4.78 is 13.0. The van der Waals surface area contributed by atoms with Gasteiger partial charge >= 0.3 is 5.97 Å². The van der Waals surface area contributed by atoms with Gasteiger partial charge in [0, 0.05) is 6.92 Å². The van der Waals surface area contributed by atoms with Crippen molar-refractivity contribution in [2.45, 2.75) is 6.92 Å². The first kappa shape index (κ1) is 19.1. The molecule has 0 fully saturated rings. The maximum Gasteiger partial charge on any atom is 0.308 e. The summed E-state index contributed by atoms with van der Waals surface area (Å²) >= 11 is 0. The molecule has 30 heavy (non-hydrogen) atoms. The molecule has 2 aromatic carbocycles. The summed E-state index contributed by atoms with van der Waals surface area (Å²) in [6.45, 7) is 1.31. The highest BCUT2D eigenvalue weighted by molar-refractivity contribution is 5.81. The van der Waals surface area contributed by atoms with E-state index in [-0.39, 0.29) is 5.56 Å². The van der Waals surface area contributed by atoms with Crippen molar-refractivity contribution < 1.29 is 14.3 Å². The van der Waals surface area contributed by atoms with Gasteiger partial charge in [-0.05, 0) is 35.9 Å². The smallest absolute Gasteiger partial charge is 0.308 e. The zero-order chi connectivity index (χ0) is 21.1. The fourth-order valence-electron chi connectivity index (χ4n) is 2.88. The molecule has 2 aromatic heterocycles. The van der Waals surface area contributed by atoms with Crippen LogP contribution in [0.5, 0.6) is 11.5 Å². The second kappa shape index (κ2) is 8.00. The molecule has 0 amide bonds. The average Bonchev–Trinajstić information content (AvgIpc) is 3.19. The highest BCUT2D eigenvalue weighted by Crippen LogP contribution is 2.27. The van der Waals surface area contributed by atoms with Crippen molar-refractivity contribution in [3.05, 3.63) is 77.0 Å². The Bertz CT molecular complexity index is 1310. The molecular weight excluding hydrogens is 386 g/mol. The fourth-order valence-corrected chi connectivity index (χ4v) is 2.88. The van der Waals surface area contributed by atoms with Gasteiger partial charge in [-0.25, -0.2) is 9.67 Å². The summed E-state index contributed by atoms with van der Waals surface area (Å²) in [7, 11) is 1.47. The number of hydrogen-bond acceptors (Lipinski definition) is 7. The SMILES string of the molecule is COc1cc(/C=N\n2cnc3c(cnn3-c3ccccc3)c2=O)ccc1OC(C)=O. The number of carbonyl (C=O) groups is 1. The minimum Gasteiger partial charge on any atom is -0.493 e. The molecule has 150 valence electrons. The predicted octanol–water partition coefficient (Wildman–Crippen LogP) is 2.40. The van der Waals surface area contributed by atoms with Crippen LogP contribution in [0.3, 0.4) is 0 Å². The van der Waals surface area contributed by atoms with E-state index >= 15 is 0 Å². The van der Waals surface area contributed by atoms with Crippen LogP contribution in [0.4, 0.5) is 0 Å². The van der Waals surface area contributed by atoms with Crippen molar-refractivity contribution in [1.82, 2.24) is 19.4 Å². The molecule has 9 heteroatoms. The zero-order valence-electron chi connectivity index (χ0n) is 16.2. The van der Waals surface area contributed by atoms with Crippen molar-refractivity contribution in [3.63, 3.8) is 0 Å². The normalized spacial score (nSPS) is 11.1. The van der Waals surface area contributed by atoms with Crippen LogP contribution in [0.2, 0.25) is 0 Å². The average molecular weight is 403 g/mol. The quantitative estimate of drug-likeness (QED) is 0.288. The molecule has 2 heterocycles. The number of rotatable bonds is 5. The molecule has 0 saturated carbocycles. The van der Waals surface area contributed by atoms with E-state index in [1.54, 1.807) is 22.9 Å². The number of esters is 1. The van der Waals surface area contributed by atoms with Crippen LogP contribution in [-0.2, 0) is 4.79 Å². The Kier molecular flexibility index (Phi) is 5.08. The van der Waals surface area contributed by atoms with Crippen molar-refractivity contribution >= 4 is 23.2 Å². The van der Waals surface area contributed by atoms with Gasteiger partial charge in [0.1, 0.15) is 11.7 Å². The molecule has 0 aliphatic rings. The Morgan fingerprint density at radius 3 is 2.67 bits per heavy atom. The number of para-hydroxylation sites is 1. The molecule has 4 aromatic rings. The van der Waals surface area contributed by atoms with Crippen LogP contribution in [0, 0.1) is 0 Å². The lowest BCUT2D eigenvalue weighted by Gasteiger charge is -2.08. The molecule has 0 spiro atoms. The molecule has 0 aliphatic heterocycles. The van der Waals surface area contributed by atoms with E-state index in [1.807, 2.05) is 30.3 Å². The number of hydrogen-bond donors (Lipinski definition) is 0. The van der Waals surface area contributed by atoms with E-state index < -0.39 is 5.97 Å². The number of benzene rings is 2. The van der Waals surface area contributed by atoms with Gasteiger partial charge in [-0.1, -0.05) is 18.2 Å². The topological polar surface area (TPSA) is 101 Å². The number of nitrogens with zero attached hydrogens (tertiary/aromatic N) is 5. The molecule has 0 aliphatic carbocycles. The summed E-state index contributed by atoms with van der Waals surface area (Å²) in [6.07, 6.45) is 4.30. The Labute approximate surface area is 170 Å². The van der Waals surface area contributed by atoms with Gasteiger partial charge < -0.3 is 9.47 Å². The van der Waals surface area contributed by atoms with Crippen LogP contribution in [0.25, 0.3) is 16.7 Å². The third kappa shape index (κ3) is 3.68. The third-order valence-electron chi connectivity index (χ3n) is 4.25. The summed E-state index contributed by atoms with van der Waals surface area (Å²) in [4.78, 5) is 28.3. The van der Waals surface area contributed by atoms with Gasteiger partial charge in [-0.15, -0.1) is 0 Å². The van der Waals surface area contributed by atoms with Crippen LogP contribution in [0.15, 0.2) is 71.0 Å². The van der Waals surface area contributed by atoms with Crippen molar-refractivity contribution in [1.29, 1.82) is 0 Å². The fraction of sp³-hybridized carbons (Fsp3) is 0.0952. The van der Waals surface area contributed by atoms with Gasteiger partial charge in [0.15, 0.2) is 17.1 Å². The maximum absolute atomic E-state index is 12.8. The molecule has 0 saturated heterocycles. The van der Waals surface area contributed by atoms with Gasteiger partial charge in [-0.2, -0.15) is 14.9 Å². The van der Waals surface area contributed by atoms with Crippen molar-refractivity contribution in [3.8, 4) is 17.2 Å². The lowest BCUT2D eigenvalue weighted by Crippen LogP contribution is -2.17. The van der Waals surface area contributed by atoms with E-state index in [0.717, 1.165) is 10.4 Å². The van der Waals surface area contributed by atoms with E-state index in [9.17, 15) is 9.59 Å². The number of carbonyl (C=O) groups excluding carboxylic acids is 1. The Morgan fingerprint density at radius 2 is 1.93 bits per heavy atom. The number of fused-ring (bicyclic) bond motifs is 1. The highest BCUT2D eigenvalue weighted by Gasteiger charge is 2.11. The minimum atomic E-state index is -0.448. The lowest BCUT2D eigenvalue weighted by molar-refractivity contribution is -0.132. The Balaban J connectivity index is 1.66. The number of methoxy groups -OCH3 is 1. The Hall–Kier alpha value is -4.27. The van der Waals surface area contributed by atoms with E-state index in [1.165, 1.54) is 32.8 Å². The zero-order valence-corrected chi connectivity index (χ0v) is 16.2. The lowest BCUT2D eigenvalue weighted by atomic mass is 10.2. The second-order valence-electron chi connectivity index (χ2n) is 6.27. The molecule has 0 atom stereocenters. The molecular formula is C21H17N5O4. The number of aromatic nitrogens is 4. The molecule has 9 nitrogen and oxygen atoms in total. The predicted molar refractivity (Wildman–Crippen MR) is 110 cm³/mol. The van der Waals surface area contributed by atoms with E-state index in [4.69, 9.17) is 9.47 Å². The van der Waals surface area contributed by atoms with E-state index in [2.05, 4.69) is 15.2 Å². The monoisotopic (exact) mass is 403 g/mol. The highest BCUT2D eigenvalue weighted by atomic mass is 16.6. The minimum absolute atomic E-state index is 0.302. The van der Waals surface area contributed by atoms with Crippen LogP contribution in [-0.4, -0.2) is 38.7 Å². The molecule has 4 rings (SSSR count). The van der Waals surface area contributed by atoms with Gasteiger partial charge in [-0.3, -0.25) is 9.59 Å². The summed E-state index contributed by atoms with van der Waals surface area (Å²) in [5.41, 5.74) is 1.56. The maximum atomic E-state index is 12.8. The van der Waals surface area contributed by atoms with Crippen molar-refractivity contribution in [2.24, 2.45) is 5.10 Å². The molecule has 0 radical (unpaired) electrons. The van der Waals surface area contributed by atoms with Gasteiger partial charge in [0.2, 0.25) is 0 Å². The van der Waals surface area contributed by atoms with Crippen LogP contribution < -0.4 is 15.0 Å². The summed E-state index contributed by atoms with van der Waals surface area (Å²) in [6, 6.07) is 14.4. The van der Waals surface area contributed by atoms with Gasteiger partial charge in [0.25, 0.3) is 5.56 Å². The standard InChI is InChI=1S/C21H17N5O4/c1-14(27)30-18-9-8-15(10-19(18)29-2)11-23-25-13-22-20-17(21(25)28)12-24-26(20)16-6-4-3-5-7-16/h3-13H,1-2H3/b23-11-. The van der Waals surface area contributed by atoms with Crippen LogP contribution in [0.1, 0.15) is 12.5 Å². The van der Waals surface area contributed by atoms with Crippen molar-refractivity contribution in [2.75, 3.05) is 7.11 Å². The summed E-state index contributed by atoms with van der Waals surface area (Å²) in [5, 5.41) is 8.81. The largest absolute Gasteiger partial charge is 0.493 e. The third-order valence-corrected chi connectivity index (χ3v) is 4.25. The molecule has 0 N–H and O–H groups in total. The first-order chi connectivity index (χ1) is 14.6. The van der Waals surface area contributed by atoms with Crippen LogP contribution >= 0.6 is 0 Å². The Morgan fingerprint density at radius 1 is 1.13 bits per heavy atom. The van der Waals surface area contributed by atoms with Gasteiger partial charge in [0.05, 0.1) is 25.2 Å². The summed E-state index contributed by atoms with van der Waals surface area (Å²) in [5.74, 6) is 0.228. The second-order valence-corrected chi connectivity index (χ2v) is 6.27. The molecule has 0 unspecified atom stereocenters. The first-order valence-electron chi connectivity index (χ1n) is 8.98. The first-order valence-corrected chi connectivity index (χ1v) is 8.98. The molecule has 0 bridgehead atoms. The van der Waals surface area contributed by atoms with E-state index in [0.29, 0.717) is 28.1 Å². The number of ether oxygens (including phenoxy) is 2.